The van der Waals surface area contributed by atoms with Crippen LogP contribution in [0.25, 0.3) is 11.5 Å². The summed E-state index contributed by atoms with van der Waals surface area (Å²) in [5, 5.41) is 3.56. The first-order valence-electron chi connectivity index (χ1n) is 4.46. The van der Waals surface area contributed by atoms with Gasteiger partial charge in [0, 0.05) is 5.56 Å². The molecule has 0 unspecified atom stereocenters. The number of hydrogen-bond donors (Lipinski definition) is 1. The molecule has 0 atom stereocenters. The first-order chi connectivity index (χ1) is 6.90. The summed E-state index contributed by atoms with van der Waals surface area (Å²) in [5.41, 5.74) is 7.60. The van der Waals surface area contributed by atoms with Crippen molar-refractivity contribution in [3.63, 3.8) is 0 Å². The first kappa shape index (κ1) is 8.90. The molecule has 0 bridgehead atoms. The van der Waals surface area contributed by atoms with Crippen LogP contribution in [-0.4, -0.2) is 16.7 Å². The van der Waals surface area contributed by atoms with Gasteiger partial charge >= 0.3 is 0 Å². The van der Waals surface area contributed by atoms with E-state index >= 15 is 0 Å². The Bertz CT molecular complexity index is 398. The molecule has 1 heterocycles. The van der Waals surface area contributed by atoms with E-state index in [9.17, 15) is 0 Å². The van der Waals surface area contributed by atoms with Crippen LogP contribution in [0.4, 0.5) is 0 Å². The predicted molar refractivity (Wildman–Crippen MR) is 52.5 cm³/mol. The second-order valence-corrected chi connectivity index (χ2v) is 2.99. The van der Waals surface area contributed by atoms with E-state index in [4.69, 9.17) is 10.3 Å². The molecule has 1 aromatic heterocycles. The minimum absolute atomic E-state index is 0.545. The molecule has 14 heavy (non-hydrogen) atoms. The van der Waals surface area contributed by atoms with Gasteiger partial charge in [0.25, 0.3) is 5.89 Å². The molecular weight excluding hydrogens is 178 g/mol. The average Bonchev–Trinajstić information content (AvgIpc) is 2.71. The maximum Gasteiger partial charge on any atom is 0.257 e. The molecule has 0 aliphatic rings. The number of hydrogen-bond acceptors (Lipinski definition) is 4. The van der Waals surface area contributed by atoms with Gasteiger partial charge in [-0.3, -0.25) is 0 Å². The normalized spacial score (nSPS) is 10.4. The van der Waals surface area contributed by atoms with Crippen molar-refractivity contribution in [3.05, 3.63) is 36.2 Å². The first-order valence-corrected chi connectivity index (χ1v) is 4.46. The van der Waals surface area contributed by atoms with Crippen molar-refractivity contribution in [1.82, 2.24) is 10.1 Å². The number of aromatic nitrogens is 2. The van der Waals surface area contributed by atoms with Crippen LogP contribution in [0.5, 0.6) is 0 Å². The fourth-order valence-electron chi connectivity index (χ4n) is 1.33. The highest BCUT2D eigenvalue weighted by atomic mass is 16.5. The van der Waals surface area contributed by atoms with Crippen molar-refractivity contribution in [1.29, 1.82) is 0 Å². The molecule has 4 heteroatoms. The summed E-state index contributed by atoms with van der Waals surface area (Å²) in [6, 6.07) is 7.95. The Hall–Kier alpha value is -1.68. The van der Waals surface area contributed by atoms with Crippen LogP contribution in [0.1, 0.15) is 5.56 Å². The Kier molecular flexibility index (Phi) is 2.55. The minimum atomic E-state index is 0.545. The van der Waals surface area contributed by atoms with Crippen molar-refractivity contribution in [2.75, 3.05) is 6.54 Å². The molecule has 0 saturated carbocycles. The Labute approximate surface area is 81.7 Å². The lowest BCUT2D eigenvalue weighted by molar-refractivity contribution is 0.430. The van der Waals surface area contributed by atoms with Crippen LogP contribution in [-0.2, 0) is 6.42 Å². The van der Waals surface area contributed by atoms with Crippen LogP contribution in [0, 0.1) is 0 Å². The van der Waals surface area contributed by atoms with Gasteiger partial charge in [0.1, 0.15) is 0 Å². The smallest absolute Gasteiger partial charge is 0.257 e. The Morgan fingerprint density at radius 1 is 1.36 bits per heavy atom. The quantitative estimate of drug-likeness (QED) is 0.788. The van der Waals surface area contributed by atoms with Gasteiger partial charge in [-0.05, 0) is 30.7 Å². The third-order valence-corrected chi connectivity index (χ3v) is 1.97. The van der Waals surface area contributed by atoms with Crippen LogP contribution >= 0.6 is 0 Å². The van der Waals surface area contributed by atoms with E-state index in [2.05, 4.69) is 10.1 Å². The molecule has 0 amide bonds. The zero-order chi connectivity index (χ0) is 9.80. The molecule has 0 aliphatic carbocycles. The summed E-state index contributed by atoms with van der Waals surface area (Å²) < 4.78 is 4.96. The Morgan fingerprint density at radius 3 is 3.00 bits per heavy atom. The van der Waals surface area contributed by atoms with Crippen molar-refractivity contribution in [2.24, 2.45) is 5.73 Å². The monoisotopic (exact) mass is 189 g/mol. The molecule has 0 aliphatic heterocycles. The van der Waals surface area contributed by atoms with Crippen LogP contribution < -0.4 is 5.73 Å². The van der Waals surface area contributed by atoms with E-state index in [1.165, 1.54) is 11.9 Å². The van der Waals surface area contributed by atoms with E-state index in [0.717, 1.165) is 12.0 Å². The van der Waals surface area contributed by atoms with Gasteiger partial charge < -0.3 is 10.3 Å². The summed E-state index contributed by atoms with van der Waals surface area (Å²) >= 11 is 0. The maximum absolute atomic E-state index is 5.48. The molecule has 72 valence electrons. The van der Waals surface area contributed by atoms with E-state index in [-0.39, 0.29) is 0 Å². The standard InChI is InChI=1S/C10H11N3O/c11-5-4-8-2-1-3-9(6-8)10-12-7-13-14-10/h1-3,6-7H,4-5,11H2. The van der Waals surface area contributed by atoms with Gasteiger partial charge in [0.2, 0.25) is 0 Å². The third kappa shape index (κ3) is 1.80. The molecule has 4 nitrogen and oxygen atoms in total. The number of nitrogens with zero attached hydrogens (tertiary/aromatic N) is 2. The van der Waals surface area contributed by atoms with Gasteiger partial charge in [-0.15, -0.1) is 0 Å². The summed E-state index contributed by atoms with van der Waals surface area (Å²) in [7, 11) is 0. The van der Waals surface area contributed by atoms with Gasteiger partial charge in [-0.1, -0.05) is 17.3 Å². The minimum Gasteiger partial charge on any atom is -0.334 e. The highest BCUT2D eigenvalue weighted by Crippen LogP contribution is 2.17. The second kappa shape index (κ2) is 4.02. The van der Waals surface area contributed by atoms with E-state index in [1.807, 2.05) is 24.3 Å². The van der Waals surface area contributed by atoms with E-state index < -0.39 is 0 Å². The van der Waals surface area contributed by atoms with Crippen molar-refractivity contribution >= 4 is 0 Å². The van der Waals surface area contributed by atoms with Crippen LogP contribution in [0.15, 0.2) is 35.1 Å². The SMILES string of the molecule is NCCc1cccc(-c2ncno2)c1. The third-order valence-electron chi connectivity index (χ3n) is 1.97. The van der Waals surface area contributed by atoms with E-state index in [1.54, 1.807) is 0 Å². The average molecular weight is 189 g/mol. The summed E-state index contributed by atoms with van der Waals surface area (Å²) in [5.74, 6) is 0.545. The lowest BCUT2D eigenvalue weighted by Crippen LogP contribution is -2.02. The number of rotatable bonds is 3. The fourth-order valence-corrected chi connectivity index (χ4v) is 1.33. The number of benzene rings is 1. The predicted octanol–water partition coefficient (Wildman–Crippen LogP) is 1.24. The molecule has 0 radical (unpaired) electrons. The topological polar surface area (TPSA) is 64.9 Å². The lowest BCUT2D eigenvalue weighted by atomic mass is 10.1. The zero-order valence-corrected chi connectivity index (χ0v) is 7.68. The van der Waals surface area contributed by atoms with Crippen molar-refractivity contribution in [3.8, 4) is 11.5 Å². The van der Waals surface area contributed by atoms with Gasteiger partial charge in [0.05, 0.1) is 0 Å². The highest BCUT2D eigenvalue weighted by Gasteiger charge is 2.03. The van der Waals surface area contributed by atoms with Gasteiger partial charge in [0.15, 0.2) is 6.33 Å². The van der Waals surface area contributed by atoms with E-state index in [0.29, 0.717) is 12.4 Å². The van der Waals surface area contributed by atoms with Gasteiger partial charge in [-0.2, -0.15) is 4.98 Å². The molecule has 2 N–H and O–H groups in total. The molecule has 2 aromatic rings. The lowest BCUT2D eigenvalue weighted by Gasteiger charge is -1.99. The summed E-state index contributed by atoms with van der Waals surface area (Å²) in [6.07, 6.45) is 2.26. The van der Waals surface area contributed by atoms with Crippen molar-refractivity contribution < 1.29 is 4.52 Å². The van der Waals surface area contributed by atoms with Gasteiger partial charge in [-0.25, -0.2) is 0 Å². The molecule has 1 aromatic carbocycles. The molecule has 0 fully saturated rings. The fraction of sp³-hybridized carbons (Fsp3) is 0.200. The zero-order valence-electron chi connectivity index (χ0n) is 7.68. The van der Waals surface area contributed by atoms with Crippen LogP contribution in [0.2, 0.25) is 0 Å². The summed E-state index contributed by atoms with van der Waals surface area (Å²) in [6.45, 7) is 0.646. The largest absolute Gasteiger partial charge is 0.334 e. The molecule has 0 spiro atoms. The number of nitrogens with two attached hydrogens (primary N) is 1. The highest BCUT2D eigenvalue weighted by molar-refractivity contribution is 5.53. The molecule has 0 saturated heterocycles. The molecule has 2 rings (SSSR count). The summed E-state index contributed by atoms with van der Waals surface area (Å²) in [4.78, 5) is 3.98. The Balaban J connectivity index is 2.31. The Morgan fingerprint density at radius 2 is 2.29 bits per heavy atom. The van der Waals surface area contributed by atoms with Crippen LogP contribution in [0.3, 0.4) is 0 Å². The maximum atomic E-state index is 5.48. The second-order valence-electron chi connectivity index (χ2n) is 2.99. The molecular formula is C10H11N3O. The van der Waals surface area contributed by atoms with Crippen molar-refractivity contribution in [2.45, 2.75) is 6.42 Å².